The number of fused-ring (bicyclic) bond motifs is 2. The maximum Gasteiger partial charge on any atom is 0.254 e. The molecule has 1 unspecified atom stereocenters. The Morgan fingerprint density at radius 3 is 2.59 bits per heavy atom. The van der Waals surface area contributed by atoms with E-state index >= 15 is 0 Å². The molecule has 5 rings (SSSR count). The third-order valence-corrected chi connectivity index (χ3v) is 6.52. The molecular weight excluding hydrogens is 450 g/mol. The first-order valence-electron chi connectivity index (χ1n) is 11.3. The maximum absolute atomic E-state index is 13.1. The summed E-state index contributed by atoms with van der Waals surface area (Å²) in [7, 11) is 1.65. The van der Waals surface area contributed by atoms with Gasteiger partial charge in [0.05, 0.1) is 12.7 Å². The molecule has 0 spiro atoms. The van der Waals surface area contributed by atoms with E-state index in [1.54, 1.807) is 31.4 Å². The zero-order valence-electron chi connectivity index (χ0n) is 19.4. The number of amides is 1. The number of hydrogen-bond donors (Lipinski definition) is 0. The van der Waals surface area contributed by atoms with Gasteiger partial charge in [-0.1, -0.05) is 17.7 Å². The summed E-state index contributed by atoms with van der Waals surface area (Å²) < 4.78 is 11.8. The van der Waals surface area contributed by atoms with Gasteiger partial charge in [0, 0.05) is 36.3 Å². The predicted octanol–water partition coefficient (Wildman–Crippen LogP) is 5.69. The van der Waals surface area contributed by atoms with Gasteiger partial charge in [-0.2, -0.15) is 0 Å². The Kier molecular flexibility index (Phi) is 5.92. The number of piperazine rings is 1. The molecule has 2 aliphatic heterocycles. The highest BCUT2D eigenvalue weighted by Crippen LogP contribution is 2.40. The van der Waals surface area contributed by atoms with Gasteiger partial charge in [-0.25, -0.2) is 4.99 Å². The first-order chi connectivity index (χ1) is 16.4. The molecule has 0 aliphatic carbocycles. The molecule has 3 aromatic rings. The Bertz CT molecular complexity index is 1270. The molecule has 0 radical (unpaired) electrons. The van der Waals surface area contributed by atoms with Crippen molar-refractivity contribution in [2.45, 2.75) is 19.9 Å². The van der Waals surface area contributed by atoms with E-state index in [-0.39, 0.29) is 11.9 Å². The second kappa shape index (κ2) is 9.03. The van der Waals surface area contributed by atoms with Gasteiger partial charge < -0.3 is 19.3 Å². The first kappa shape index (κ1) is 22.3. The van der Waals surface area contributed by atoms with E-state index in [1.165, 1.54) is 0 Å². The number of rotatable bonds is 2. The fourth-order valence-corrected chi connectivity index (χ4v) is 4.57. The third-order valence-electron chi connectivity index (χ3n) is 6.27. The van der Waals surface area contributed by atoms with Crippen LogP contribution in [0.1, 0.15) is 28.4 Å². The predicted molar refractivity (Wildman–Crippen MR) is 134 cm³/mol. The quantitative estimate of drug-likeness (QED) is 0.478. The molecule has 2 heterocycles. The van der Waals surface area contributed by atoms with Gasteiger partial charge in [0.15, 0.2) is 5.75 Å². The fourth-order valence-electron chi connectivity index (χ4n) is 4.44. The molecule has 0 aromatic heterocycles. The number of methoxy groups -OCH3 is 1. The van der Waals surface area contributed by atoms with Crippen LogP contribution < -0.4 is 9.47 Å². The summed E-state index contributed by atoms with van der Waals surface area (Å²) in [6.45, 7) is 5.99. The van der Waals surface area contributed by atoms with E-state index in [0.29, 0.717) is 30.2 Å². The third kappa shape index (κ3) is 4.21. The van der Waals surface area contributed by atoms with Crippen LogP contribution in [0.25, 0.3) is 0 Å². The van der Waals surface area contributed by atoms with Crippen molar-refractivity contribution < 1.29 is 14.3 Å². The first-order valence-corrected chi connectivity index (χ1v) is 11.7. The number of aliphatic imine (C=N–C) groups is 1. The maximum atomic E-state index is 13.1. The molecule has 0 saturated carbocycles. The SMILES string of the molecule is COc1ccc2c(c1)C(N1CCN(C(=O)c3ccc(Cl)cc3)C(C)C1)=Nc1ccc(C)cc1O2. The molecule has 6 nitrogen and oxygen atoms in total. The van der Waals surface area contributed by atoms with Gasteiger partial charge >= 0.3 is 0 Å². The summed E-state index contributed by atoms with van der Waals surface area (Å²) in [5.74, 6) is 3.03. The summed E-state index contributed by atoms with van der Waals surface area (Å²) in [5.41, 5.74) is 3.40. The molecule has 1 saturated heterocycles. The van der Waals surface area contributed by atoms with Crippen molar-refractivity contribution in [3.8, 4) is 17.2 Å². The molecule has 0 bridgehead atoms. The van der Waals surface area contributed by atoms with Crippen molar-refractivity contribution in [2.75, 3.05) is 26.7 Å². The molecule has 1 amide bonds. The number of hydrogen-bond acceptors (Lipinski definition) is 5. The summed E-state index contributed by atoms with van der Waals surface area (Å²) in [6, 6.07) is 18.8. The summed E-state index contributed by atoms with van der Waals surface area (Å²) >= 11 is 5.99. The van der Waals surface area contributed by atoms with E-state index in [4.69, 9.17) is 26.1 Å². The Hall–Kier alpha value is -3.51. The average Bonchev–Trinajstić information content (AvgIpc) is 2.99. The van der Waals surface area contributed by atoms with E-state index in [2.05, 4.69) is 11.8 Å². The van der Waals surface area contributed by atoms with Crippen molar-refractivity contribution >= 4 is 29.0 Å². The van der Waals surface area contributed by atoms with E-state index in [0.717, 1.165) is 39.9 Å². The second-order valence-electron chi connectivity index (χ2n) is 8.67. The minimum Gasteiger partial charge on any atom is -0.497 e. The van der Waals surface area contributed by atoms with Gasteiger partial charge in [0.25, 0.3) is 5.91 Å². The highest BCUT2D eigenvalue weighted by atomic mass is 35.5. The number of carbonyl (C=O) groups is 1. The minimum atomic E-state index is -0.00431. The van der Waals surface area contributed by atoms with Crippen molar-refractivity contribution in [2.24, 2.45) is 4.99 Å². The largest absolute Gasteiger partial charge is 0.497 e. The van der Waals surface area contributed by atoms with Gasteiger partial charge in [-0.05, 0) is 74.0 Å². The summed E-state index contributed by atoms with van der Waals surface area (Å²) in [6.07, 6.45) is 0. The van der Waals surface area contributed by atoms with E-state index in [1.807, 2.05) is 48.2 Å². The van der Waals surface area contributed by atoms with Gasteiger partial charge in [-0.15, -0.1) is 0 Å². The van der Waals surface area contributed by atoms with Crippen LogP contribution in [0.2, 0.25) is 5.02 Å². The number of carbonyl (C=O) groups excluding carboxylic acids is 1. The van der Waals surface area contributed by atoms with Gasteiger partial charge in [0.1, 0.15) is 23.0 Å². The van der Waals surface area contributed by atoms with E-state index < -0.39 is 0 Å². The number of nitrogens with zero attached hydrogens (tertiary/aromatic N) is 3. The average molecular weight is 476 g/mol. The molecule has 7 heteroatoms. The molecule has 1 fully saturated rings. The van der Waals surface area contributed by atoms with E-state index in [9.17, 15) is 4.79 Å². The van der Waals surface area contributed by atoms with Crippen LogP contribution >= 0.6 is 11.6 Å². The highest BCUT2D eigenvalue weighted by Gasteiger charge is 2.32. The standard InChI is InChI=1S/C27H26ClN3O3/c1-17-4-10-23-25(14-17)34-24-11-9-21(33-3)15-22(24)26(29-23)30-12-13-31(18(2)16-30)27(32)19-5-7-20(28)8-6-19/h4-11,14-15,18H,12-13,16H2,1-3H3. The lowest BCUT2D eigenvalue weighted by Crippen LogP contribution is -2.55. The Balaban J connectivity index is 1.47. The lowest BCUT2D eigenvalue weighted by atomic mass is 10.1. The van der Waals surface area contributed by atoms with Crippen LogP contribution in [-0.4, -0.2) is 54.3 Å². The normalized spacial score (nSPS) is 17.2. The van der Waals surface area contributed by atoms with Crippen LogP contribution in [0, 0.1) is 6.92 Å². The minimum absolute atomic E-state index is 0.00431. The Morgan fingerprint density at radius 2 is 1.85 bits per heavy atom. The smallest absolute Gasteiger partial charge is 0.254 e. The van der Waals surface area contributed by atoms with Crippen molar-refractivity contribution in [1.29, 1.82) is 0 Å². The summed E-state index contributed by atoms with van der Waals surface area (Å²) in [4.78, 5) is 22.3. The van der Waals surface area contributed by atoms with Crippen LogP contribution in [-0.2, 0) is 0 Å². The molecule has 174 valence electrons. The fraction of sp³-hybridized carbons (Fsp3) is 0.259. The van der Waals surface area contributed by atoms with Gasteiger partial charge in [0.2, 0.25) is 0 Å². The Morgan fingerprint density at radius 1 is 1.06 bits per heavy atom. The number of benzene rings is 3. The van der Waals surface area contributed by atoms with Crippen molar-refractivity contribution in [3.63, 3.8) is 0 Å². The monoisotopic (exact) mass is 475 g/mol. The molecular formula is C27H26ClN3O3. The van der Waals surface area contributed by atoms with Crippen LogP contribution in [0.15, 0.2) is 65.7 Å². The van der Waals surface area contributed by atoms with Crippen molar-refractivity contribution in [3.05, 3.63) is 82.4 Å². The molecule has 3 aromatic carbocycles. The number of ether oxygens (including phenoxy) is 2. The highest BCUT2D eigenvalue weighted by molar-refractivity contribution is 6.30. The lowest BCUT2D eigenvalue weighted by Gasteiger charge is -2.41. The number of aryl methyl sites for hydroxylation is 1. The van der Waals surface area contributed by atoms with Gasteiger partial charge in [-0.3, -0.25) is 4.79 Å². The second-order valence-corrected chi connectivity index (χ2v) is 9.11. The van der Waals surface area contributed by atoms with Crippen LogP contribution in [0.4, 0.5) is 5.69 Å². The molecule has 1 atom stereocenters. The number of halogens is 1. The topological polar surface area (TPSA) is 54.4 Å². The summed E-state index contributed by atoms with van der Waals surface area (Å²) in [5, 5.41) is 0.618. The zero-order valence-corrected chi connectivity index (χ0v) is 20.2. The van der Waals surface area contributed by atoms with Crippen LogP contribution in [0.3, 0.4) is 0 Å². The van der Waals surface area contributed by atoms with Crippen molar-refractivity contribution in [1.82, 2.24) is 9.80 Å². The Labute approximate surface area is 204 Å². The van der Waals surface area contributed by atoms with Crippen LogP contribution in [0.5, 0.6) is 17.2 Å². The molecule has 0 N–H and O–H groups in total. The zero-order chi connectivity index (χ0) is 23.8. The lowest BCUT2D eigenvalue weighted by molar-refractivity contribution is 0.0581. The molecule has 2 aliphatic rings. The molecule has 34 heavy (non-hydrogen) atoms. The number of amidine groups is 1.